The molecule has 0 saturated heterocycles. The number of benzene rings is 2. The van der Waals surface area contributed by atoms with Gasteiger partial charge >= 0.3 is 12.2 Å². The van der Waals surface area contributed by atoms with Gasteiger partial charge < -0.3 is 30.3 Å². The maximum atomic E-state index is 11.2. The van der Waals surface area contributed by atoms with Gasteiger partial charge in [-0.1, -0.05) is 68.0 Å². The number of carbonyl (C=O) groups is 2. The Hall–Kier alpha value is -4.39. The first-order chi connectivity index (χ1) is 26.6. The summed E-state index contributed by atoms with van der Waals surface area (Å²) < 4.78 is 5.70. The number of carboxylic acid groups (broad SMARTS) is 2. The van der Waals surface area contributed by atoms with Gasteiger partial charge in [-0.3, -0.25) is 0 Å². The molecule has 2 amide bonds. The van der Waals surface area contributed by atoms with Crippen LogP contribution < -0.4 is 20.1 Å². The number of aryl methyl sites for hydroxylation is 1. The molecule has 4 N–H and O–H groups in total. The van der Waals surface area contributed by atoms with Crippen molar-refractivity contribution in [1.82, 2.24) is 15.2 Å². The van der Waals surface area contributed by atoms with Crippen molar-refractivity contribution in [3.63, 3.8) is 0 Å². The number of hydrogen-bond acceptors (Lipinski definition) is 6. The molecule has 0 radical (unpaired) electrons. The molecule has 0 unspecified atom stereocenters. The molecule has 0 bridgehead atoms. The zero-order chi connectivity index (χ0) is 38.4. The van der Waals surface area contributed by atoms with E-state index in [2.05, 4.69) is 105 Å². The van der Waals surface area contributed by atoms with E-state index in [9.17, 15) is 9.59 Å². The molecule has 1 saturated carbocycles. The van der Waals surface area contributed by atoms with Crippen molar-refractivity contribution in [2.24, 2.45) is 5.41 Å². The fraction of sp³-hybridized carbons (Fsp3) is 0.372. The van der Waals surface area contributed by atoms with E-state index in [4.69, 9.17) is 10.2 Å². The van der Waals surface area contributed by atoms with E-state index in [1.165, 1.54) is 56.8 Å². The molecular weight excluding hydrogens is 747 g/mol. The highest BCUT2D eigenvalue weighted by Crippen LogP contribution is 2.48. The van der Waals surface area contributed by atoms with Crippen LogP contribution in [0.2, 0.25) is 0 Å². The number of allylic oxidation sites excluding steroid dienone is 6. The molecule has 1 fully saturated rings. The van der Waals surface area contributed by atoms with Gasteiger partial charge in [0, 0.05) is 71.3 Å². The van der Waals surface area contributed by atoms with Gasteiger partial charge in [-0.2, -0.15) is 4.57 Å². The van der Waals surface area contributed by atoms with E-state index in [0.29, 0.717) is 37.7 Å². The van der Waals surface area contributed by atoms with Crippen LogP contribution in [-0.4, -0.2) is 51.9 Å². The number of hydrogen-bond donors (Lipinski definition) is 4. The molecule has 0 atom stereocenters. The summed E-state index contributed by atoms with van der Waals surface area (Å²) in [6, 6.07) is 17.4. The molecule has 0 spiro atoms. The number of fused-ring (bicyclic) bond motifs is 2. The standard InChI is InChI=1S/C43H49N5O4S3/c1-43(2)28-30(10-7-13-39-47(22-8-18-44-41(49)50)36-27-34(15-17-38(36)54-39)53-33-11-3-4-12-33)24-31(29-43)25-40-48(23-9-19-45-42(51)52)35-26-32(14-16-37(35)55-40)46-20-5-6-21-46/h5-7,10,13-17,20-21,24-27,33,44-45H,3-4,8-9,11-12,18-19,22-23,28-29H2,1-2H3,(H-,49,50,51,52)/p+1. The van der Waals surface area contributed by atoms with Crippen LogP contribution in [0.4, 0.5) is 15.3 Å². The van der Waals surface area contributed by atoms with Gasteiger partial charge in [0.05, 0.1) is 10.7 Å². The highest BCUT2D eigenvalue weighted by atomic mass is 32.2. The second-order valence-corrected chi connectivity index (χ2v) is 18.7. The number of nitrogens with zero attached hydrogens (tertiary/aromatic N) is 3. The molecule has 2 aliphatic carbocycles. The van der Waals surface area contributed by atoms with Crippen LogP contribution in [-0.2, 0) is 6.54 Å². The van der Waals surface area contributed by atoms with Crippen molar-refractivity contribution in [3.05, 3.63) is 106 Å². The van der Waals surface area contributed by atoms with Crippen molar-refractivity contribution < 1.29 is 24.4 Å². The van der Waals surface area contributed by atoms with Crippen molar-refractivity contribution in [3.8, 4) is 5.69 Å². The lowest BCUT2D eigenvalue weighted by molar-refractivity contribution is -0.669. The van der Waals surface area contributed by atoms with Gasteiger partial charge in [-0.25, -0.2) is 9.59 Å². The third-order valence-corrected chi connectivity index (χ3v) is 13.8. The first-order valence-electron chi connectivity index (χ1n) is 19.2. The summed E-state index contributed by atoms with van der Waals surface area (Å²) in [7, 11) is 0. The summed E-state index contributed by atoms with van der Waals surface area (Å²) in [4.78, 5) is 27.1. The van der Waals surface area contributed by atoms with E-state index >= 15 is 0 Å². The Morgan fingerprint density at radius 3 is 2.53 bits per heavy atom. The number of anilines is 1. The maximum absolute atomic E-state index is 11.2. The molecule has 55 heavy (non-hydrogen) atoms. The van der Waals surface area contributed by atoms with Crippen LogP contribution in [0.15, 0.2) is 111 Å². The third kappa shape index (κ3) is 10.1. The van der Waals surface area contributed by atoms with Crippen LogP contribution in [0.5, 0.6) is 0 Å². The van der Waals surface area contributed by atoms with Crippen LogP contribution in [0.1, 0.15) is 70.2 Å². The van der Waals surface area contributed by atoms with E-state index < -0.39 is 12.2 Å². The quantitative estimate of drug-likeness (QED) is 0.0743. The van der Waals surface area contributed by atoms with Gasteiger partial charge in [0.2, 0.25) is 5.52 Å². The molecule has 9 nitrogen and oxygen atoms in total. The summed E-state index contributed by atoms with van der Waals surface area (Å²) in [5.41, 5.74) is 6.08. The van der Waals surface area contributed by atoms with E-state index in [-0.39, 0.29) is 5.41 Å². The van der Waals surface area contributed by atoms with Gasteiger partial charge in [0.1, 0.15) is 4.70 Å². The van der Waals surface area contributed by atoms with Crippen molar-refractivity contribution in [2.75, 3.05) is 24.5 Å². The number of amides is 2. The Bertz CT molecular complexity index is 2140. The average molecular weight is 797 g/mol. The number of thiazole rings is 1. The fourth-order valence-corrected chi connectivity index (χ4v) is 11.3. The maximum Gasteiger partial charge on any atom is 0.404 e. The first-order valence-corrected chi connectivity index (χ1v) is 21.7. The Labute approximate surface area is 335 Å². The zero-order valence-corrected chi connectivity index (χ0v) is 33.9. The summed E-state index contributed by atoms with van der Waals surface area (Å²) in [5, 5.41) is 26.3. The zero-order valence-electron chi connectivity index (χ0n) is 31.5. The van der Waals surface area contributed by atoms with Gasteiger partial charge in [-0.15, -0.1) is 11.8 Å². The van der Waals surface area contributed by atoms with E-state index in [1.54, 1.807) is 23.1 Å². The van der Waals surface area contributed by atoms with Crippen LogP contribution >= 0.6 is 34.9 Å². The SMILES string of the molecule is CC1(C)CC(=CC=Cc2sc3ccc(SC4CCCC4)cc3[n+]2CCCNC(=O)O)C=C(C=C2Sc3ccc(-n4cccc4)cc3N2CCCNC(=O)O)C1. The highest BCUT2D eigenvalue weighted by Gasteiger charge is 2.29. The Balaban J connectivity index is 1.15. The molecule has 4 aromatic rings. The molecule has 288 valence electrons. The lowest BCUT2D eigenvalue weighted by Crippen LogP contribution is -2.37. The molecule has 7 rings (SSSR count). The second-order valence-electron chi connectivity index (χ2n) is 15.2. The minimum absolute atomic E-state index is 0.0802. The Morgan fingerprint density at radius 1 is 1.00 bits per heavy atom. The highest BCUT2D eigenvalue weighted by molar-refractivity contribution is 8.03. The number of thioether (sulfide) groups is 2. The van der Waals surface area contributed by atoms with Crippen molar-refractivity contribution >= 4 is 69.0 Å². The monoisotopic (exact) mass is 796 g/mol. The summed E-state index contributed by atoms with van der Waals surface area (Å²) in [6.07, 6.45) is 21.9. The smallest absolute Gasteiger partial charge is 0.404 e. The summed E-state index contributed by atoms with van der Waals surface area (Å²) in [5.74, 6) is 0. The molecule has 3 aliphatic rings. The summed E-state index contributed by atoms with van der Waals surface area (Å²) in [6.45, 7) is 6.90. The van der Waals surface area contributed by atoms with E-state index in [1.807, 2.05) is 36.3 Å². The minimum atomic E-state index is -0.997. The minimum Gasteiger partial charge on any atom is -0.465 e. The van der Waals surface area contributed by atoms with Crippen LogP contribution in [0, 0.1) is 5.41 Å². The fourth-order valence-electron chi connectivity index (χ4n) is 7.79. The molecule has 2 aromatic heterocycles. The number of aromatic nitrogens is 2. The molecule has 12 heteroatoms. The number of rotatable bonds is 14. The van der Waals surface area contributed by atoms with Crippen LogP contribution in [0.25, 0.3) is 22.0 Å². The lowest BCUT2D eigenvalue weighted by Gasteiger charge is -2.31. The topological polar surface area (TPSA) is 111 Å². The molecule has 2 aromatic carbocycles. The molecular formula is C43H50N5O4S3+. The lowest BCUT2D eigenvalue weighted by atomic mass is 9.75. The largest absolute Gasteiger partial charge is 0.465 e. The molecule has 3 heterocycles. The van der Waals surface area contributed by atoms with Gasteiger partial charge in [-0.05, 0) is 97.2 Å². The Kier molecular flexibility index (Phi) is 12.4. The molecule has 1 aliphatic heterocycles. The van der Waals surface area contributed by atoms with E-state index in [0.717, 1.165) is 40.8 Å². The van der Waals surface area contributed by atoms with Crippen molar-refractivity contribution in [2.45, 2.75) is 86.8 Å². The van der Waals surface area contributed by atoms with Gasteiger partial charge in [0.25, 0.3) is 5.01 Å². The van der Waals surface area contributed by atoms with Gasteiger partial charge in [0.15, 0.2) is 6.54 Å². The summed E-state index contributed by atoms with van der Waals surface area (Å²) >= 11 is 5.55. The number of nitrogens with one attached hydrogen (secondary N) is 2. The van der Waals surface area contributed by atoms with Crippen LogP contribution in [0.3, 0.4) is 0 Å². The normalized spacial score (nSPS) is 18.4. The van der Waals surface area contributed by atoms with Crippen molar-refractivity contribution in [1.29, 1.82) is 0 Å². The Morgan fingerprint density at radius 2 is 1.76 bits per heavy atom. The first kappa shape index (κ1) is 38.9. The average Bonchev–Trinajstić information content (AvgIpc) is 3.96. The third-order valence-electron chi connectivity index (χ3n) is 10.2. The second kappa shape index (κ2) is 17.6. The predicted molar refractivity (Wildman–Crippen MR) is 227 cm³/mol. The predicted octanol–water partition coefficient (Wildman–Crippen LogP) is 10.5.